The second-order valence-corrected chi connectivity index (χ2v) is 5.66. The summed E-state index contributed by atoms with van der Waals surface area (Å²) in [4.78, 5) is 0. The molecule has 0 amide bonds. The highest BCUT2D eigenvalue weighted by molar-refractivity contribution is 9.10. The summed E-state index contributed by atoms with van der Waals surface area (Å²) in [5, 5.41) is 8.90. The topological polar surface area (TPSA) is 33.0 Å². The van der Waals surface area contributed by atoms with Crippen molar-refractivity contribution in [2.45, 2.75) is 26.1 Å². The molecule has 0 saturated heterocycles. The van der Waals surface area contributed by atoms with E-state index in [-0.39, 0.29) is 5.41 Å². The van der Waals surface area contributed by atoms with Gasteiger partial charge in [-0.1, -0.05) is 15.9 Å². The third-order valence-electron chi connectivity index (χ3n) is 2.45. The van der Waals surface area contributed by atoms with Crippen LogP contribution in [0.25, 0.3) is 0 Å². The van der Waals surface area contributed by atoms with Crippen LogP contribution in [-0.2, 0) is 5.88 Å². The Labute approximate surface area is 116 Å². The van der Waals surface area contributed by atoms with Crippen LogP contribution < -0.4 is 4.74 Å². The molecule has 1 aromatic carbocycles. The van der Waals surface area contributed by atoms with Crippen molar-refractivity contribution in [3.8, 4) is 11.8 Å². The molecule has 0 radical (unpaired) electrons. The number of nitriles is 1. The molecule has 0 fully saturated rings. The van der Waals surface area contributed by atoms with Gasteiger partial charge >= 0.3 is 0 Å². The Kier molecular flexibility index (Phi) is 5.30. The van der Waals surface area contributed by atoms with Crippen molar-refractivity contribution in [3.05, 3.63) is 28.2 Å². The molecule has 0 aromatic heterocycles. The molecule has 0 saturated carbocycles. The van der Waals surface area contributed by atoms with E-state index < -0.39 is 0 Å². The lowest BCUT2D eigenvalue weighted by atomic mass is 9.92. The molecule has 0 heterocycles. The average Bonchev–Trinajstić information content (AvgIpc) is 2.30. The van der Waals surface area contributed by atoms with Gasteiger partial charge in [-0.05, 0) is 38.5 Å². The molecule has 0 N–H and O–H groups in total. The van der Waals surface area contributed by atoms with Gasteiger partial charge in [-0.25, -0.2) is 0 Å². The summed E-state index contributed by atoms with van der Waals surface area (Å²) in [5.41, 5.74) is 0.604. The molecule has 92 valence electrons. The molecule has 0 unspecified atom stereocenters. The molecule has 0 bridgehead atoms. The number of halogens is 2. The van der Waals surface area contributed by atoms with E-state index in [0.29, 0.717) is 18.9 Å². The quantitative estimate of drug-likeness (QED) is 0.749. The largest absolute Gasteiger partial charge is 0.493 e. The van der Waals surface area contributed by atoms with Gasteiger partial charge in [0.15, 0.2) is 0 Å². The van der Waals surface area contributed by atoms with E-state index >= 15 is 0 Å². The predicted octanol–water partition coefficient (Wildman–Crippen LogP) is 4.51. The van der Waals surface area contributed by atoms with Gasteiger partial charge in [0.1, 0.15) is 5.75 Å². The Morgan fingerprint density at radius 3 is 2.76 bits per heavy atom. The minimum Gasteiger partial charge on any atom is -0.493 e. The van der Waals surface area contributed by atoms with Crippen LogP contribution in [0.4, 0.5) is 0 Å². The van der Waals surface area contributed by atoms with Crippen LogP contribution in [0.5, 0.6) is 5.75 Å². The Hall–Kier alpha value is -0.720. The molecule has 0 spiro atoms. The Morgan fingerprint density at radius 1 is 1.47 bits per heavy atom. The van der Waals surface area contributed by atoms with Gasteiger partial charge in [0.2, 0.25) is 0 Å². The van der Waals surface area contributed by atoms with Crippen LogP contribution in [0.1, 0.15) is 25.8 Å². The maximum absolute atomic E-state index is 8.90. The summed E-state index contributed by atoms with van der Waals surface area (Å²) in [6, 6.07) is 8.00. The second kappa shape index (κ2) is 6.28. The Morgan fingerprint density at radius 2 is 2.18 bits per heavy atom. The zero-order valence-electron chi connectivity index (χ0n) is 9.96. The number of alkyl halides is 1. The molecule has 0 aliphatic carbocycles. The summed E-state index contributed by atoms with van der Waals surface area (Å²) < 4.78 is 6.65. The molecule has 4 heteroatoms. The Balaban J connectivity index is 2.61. The van der Waals surface area contributed by atoms with E-state index in [4.69, 9.17) is 21.6 Å². The van der Waals surface area contributed by atoms with Crippen molar-refractivity contribution in [2.24, 2.45) is 5.41 Å². The molecular weight excluding hydrogens is 302 g/mol. The molecule has 0 atom stereocenters. The fourth-order valence-corrected chi connectivity index (χ4v) is 1.88. The third kappa shape index (κ3) is 4.57. The minimum atomic E-state index is -0.351. The van der Waals surface area contributed by atoms with E-state index in [1.807, 2.05) is 32.0 Å². The van der Waals surface area contributed by atoms with Crippen LogP contribution in [0, 0.1) is 16.7 Å². The smallest absolute Gasteiger partial charge is 0.123 e. The normalized spacial score (nSPS) is 11.0. The first-order chi connectivity index (χ1) is 7.98. The van der Waals surface area contributed by atoms with E-state index in [1.54, 1.807) is 0 Å². The summed E-state index contributed by atoms with van der Waals surface area (Å²) in [6.45, 7) is 4.33. The zero-order valence-corrected chi connectivity index (χ0v) is 12.3. The number of benzene rings is 1. The van der Waals surface area contributed by atoms with Crippen molar-refractivity contribution in [1.82, 2.24) is 0 Å². The van der Waals surface area contributed by atoms with Gasteiger partial charge in [-0.2, -0.15) is 5.26 Å². The summed E-state index contributed by atoms with van der Waals surface area (Å²) in [6.07, 6.45) is 0.696. The highest BCUT2D eigenvalue weighted by Gasteiger charge is 2.16. The van der Waals surface area contributed by atoms with E-state index in [9.17, 15) is 0 Å². The lowest BCUT2D eigenvalue weighted by molar-refractivity contribution is 0.263. The van der Waals surface area contributed by atoms with Crippen LogP contribution in [-0.4, -0.2) is 6.61 Å². The van der Waals surface area contributed by atoms with Gasteiger partial charge < -0.3 is 4.74 Å². The van der Waals surface area contributed by atoms with Crippen LogP contribution in [0.2, 0.25) is 0 Å². The zero-order chi connectivity index (χ0) is 12.9. The Bertz CT molecular complexity index is 426. The number of nitrogens with zero attached hydrogens (tertiary/aromatic N) is 1. The molecule has 0 aliphatic rings. The summed E-state index contributed by atoms with van der Waals surface area (Å²) in [5.74, 6) is 1.20. The van der Waals surface area contributed by atoms with Gasteiger partial charge in [-0.15, -0.1) is 11.6 Å². The van der Waals surface area contributed by atoms with E-state index in [1.165, 1.54) is 0 Å². The maximum atomic E-state index is 8.90. The van der Waals surface area contributed by atoms with Gasteiger partial charge in [0.05, 0.1) is 24.0 Å². The van der Waals surface area contributed by atoms with Crippen LogP contribution in [0.3, 0.4) is 0 Å². The monoisotopic (exact) mass is 315 g/mol. The first-order valence-corrected chi connectivity index (χ1v) is 6.70. The van der Waals surface area contributed by atoms with Gasteiger partial charge in [0, 0.05) is 10.0 Å². The van der Waals surface area contributed by atoms with E-state index in [2.05, 4.69) is 22.0 Å². The molecule has 1 rings (SSSR count). The van der Waals surface area contributed by atoms with E-state index in [0.717, 1.165) is 15.8 Å². The first kappa shape index (κ1) is 14.3. The fraction of sp³-hybridized carbons (Fsp3) is 0.462. The SMILES string of the molecule is CC(C)(C#N)CCOc1ccc(Br)cc1CCl. The first-order valence-electron chi connectivity index (χ1n) is 5.37. The average molecular weight is 317 g/mol. The second-order valence-electron chi connectivity index (χ2n) is 4.48. The van der Waals surface area contributed by atoms with Gasteiger partial charge in [-0.3, -0.25) is 0 Å². The lowest BCUT2D eigenvalue weighted by Crippen LogP contribution is -2.13. The molecule has 0 aliphatic heterocycles. The van der Waals surface area contributed by atoms with Crippen molar-refractivity contribution < 1.29 is 4.74 Å². The van der Waals surface area contributed by atoms with Crippen LogP contribution in [0.15, 0.2) is 22.7 Å². The standard InChI is InChI=1S/C13H15BrClNO/c1-13(2,9-16)5-6-17-12-4-3-11(14)7-10(12)8-15/h3-4,7H,5-6,8H2,1-2H3. The molecule has 1 aromatic rings. The van der Waals surface area contributed by atoms with Crippen molar-refractivity contribution in [2.75, 3.05) is 6.61 Å². The predicted molar refractivity (Wildman–Crippen MR) is 73.2 cm³/mol. The fourth-order valence-electron chi connectivity index (χ4n) is 1.27. The highest BCUT2D eigenvalue weighted by atomic mass is 79.9. The molecule has 17 heavy (non-hydrogen) atoms. The summed E-state index contributed by atoms with van der Waals surface area (Å²) in [7, 11) is 0. The highest BCUT2D eigenvalue weighted by Crippen LogP contribution is 2.26. The van der Waals surface area contributed by atoms with Crippen molar-refractivity contribution in [1.29, 1.82) is 5.26 Å². The minimum absolute atomic E-state index is 0.351. The molecular formula is C13H15BrClNO. The third-order valence-corrected chi connectivity index (χ3v) is 3.23. The number of hydrogen-bond acceptors (Lipinski definition) is 2. The van der Waals surface area contributed by atoms with Crippen LogP contribution >= 0.6 is 27.5 Å². The number of ether oxygens (including phenoxy) is 1. The number of hydrogen-bond donors (Lipinski definition) is 0. The maximum Gasteiger partial charge on any atom is 0.123 e. The van der Waals surface area contributed by atoms with Gasteiger partial charge in [0.25, 0.3) is 0 Å². The lowest BCUT2D eigenvalue weighted by Gasteiger charge is -2.16. The molecule has 2 nitrogen and oxygen atoms in total. The van der Waals surface area contributed by atoms with Crippen molar-refractivity contribution >= 4 is 27.5 Å². The van der Waals surface area contributed by atoms with Crippen molar-refractivity contribution in [3.63, 3.8) is 0 Å². The number of rotatable bonds is 5. The summed E-state index contributed by atoms with van der Waals surface area (Å²) >= 11 is 9.24.